The van der Waals surface area contributed by atoms with Crippen LogP contribution in [0.15, 0.2) is 9.59 Å². The van der Waals surface area contributed by atoms with E-state index in [-0.39, 0.29) is 16.2 Å². The number of hydrogen-bond donors (Lipinski definition) is 0. The molecule has 0 N–H and O–H groups in total. The summed E-state index contributed by atoms with van der Waals surface area (Å²) in [5.74, 6) is -0.159. The number of rotatable bonds is 4. The van der Waals surface area contributed by atoms with E-state index in [0.29, 0.717) is 17.7 Å². The molecule has 0 saturated carbocycles. The van der Waals surface area contributed by atoms with E-state index in [2.05, 4.69) is 0 Å². The molecule has 102 valence electrons. The second kappa shape index (κ2) is 5.59. The van der Waals surface area contributed by atoms with Gasteiger partial charge in [0.25, 0.3) is 15.0 Å². The van der Waals surface area contributed by atoms with E-state index in [4.69, 9.17) is 10.7 Å². The van der Waals surface area contributed by atoms with Gasteiger partial charge >= 0.3 is 0 Å². The van der Waals surface area contributed by atoms with Crippen LogP contribution in [0, 0.1) is 6.92 Å². The second-order valence-corrected chi connectivity index (χ2v) is 7.83. The Morgan fingerprint density at radius 2 is 2.06 bits per heavy atom. The maximum Gasteiger partial charge on any atom is 0.271 e. The molecule has 0 radical (unpaired) electrons. The summed E-state index contributed by atoms with van der Waals surface area (Å²) in [7, 11) is 1.54. The number of amides is 1. The smallest absolute Gasteiger partial charge is 0.271 e. The molecule has 18 heavy (non-hydrogen) atoms. The first-order valence-electron chi connectivity index (χ1n) is 5.53. The molecule has 1 amide bonds. The molecule has 0 atom stereocenters. The maximum atomic E-state index is 12.3. The Hall–Kier alpha value is -0.590. The number of nitrogens with zero attached hydrogens (tertiary/aromatic N) is 1. The van der Waals surface area contributed by atoms with Gasteiger partial charge in [0.1, 0.15) is 4.21 Å². The first-order valence-corrected chi connectivity index (χ1v) is 8.72. The van der Waals surface area contributed by atoms with Gasteiger partial charge in [0, 0.05) is 28.6 Å². The molecule has 1 rings (SSSR count). The average Bonchev–Trinajstić information content (AvgIpc) is 2.59. The van der Waals surface area contributed by atoms with Crippen molar-refractivity contribution in [2.75, 3.05) is 6.54 Å². The fraction of sp³-hybridized carbons (Fsp3) is 0.545. The lowest BCUT2D eigenvalue weighted by Gasteiger charge is -2.25. The highest BCUT2D eigenvalue weighted by molar-refractivity contribution is 8.15. The minimum Gasteiger partial charge on any atom is -0.336 e. The summed E-state index contributed by atoms with van der Waals surface area (Å²) in [6, 6.07) is 0.0675. The van der Waals surface area contributed by atoms with Crippen molar-refractivity contribution < 1.29 is 13.2 Å². The molecule has 0 aliphatic heterocycles. The van der Waals surface area contributed by atoms with Crippen molar-refractivity contribution in [1.82, 2.24) is 4.90 Å². The van der Waals surface area contributed by atoms with Crippen molar-refractivity contribution in [2.45, 2.75) is 37.9 Å². The van der Waals surface area contributed by atoms with Gasteiger partial charge in [0.05, 0.1) is 5.56 Å². The Morgan fingerprint density at radius 1 is 1.50 bits per heavy atom. The lowest BCUT2D eigenvalue weighted by molar-refractivity contribution is 0.0716. The highest BCUT2D eigenvalue weighted by atomic mass is 35.7. The van der Waals surface area contributed by atoms with Crippen molar-refractivity contribution in [3.63, 3.8) is 0 Å². The summed E-state index contributed by atoms with van der Waals surface area (Å²) >= 11 is 0.984. The quantitative estimate of drug-likeness (QED) is 0.804. The van der Waals surface area contributed by atoms with Crippen LogP contribution in [0.1, 0.15) is 36.7 Å². The Morgan fingerprint density at radius 3 is 2.39 bits per heavy atom. The van der Waals surface area contributed by atoms with Gasteiger partial charge in [-0.25, -0.2) is 8.42 Å². The molecule has 0 aliphatic rings. The van der Waals surface area contributed by atoms with Crippen LogP contribution < -0.4 is 0 Å². The molecule has 0 aliphatic carbocycles. The number of carbonyl (C=O) groups is 1. The normalized spacial score (nSPS) is 11.9. The van der Waals surface area contributed by atoms with Crippen LogP contribution in [0.25, 0.3) is 0 Å². The highest BCUT2D eigenvalue weighted by Crippen LogP contribution is 2.30. The van der Waals surface area contributed by atoms with Gasteiger partial charge in [0.2, 0.25) is 0 Å². The molecule has 1 aromatic rings. The van der Waals surface area contributed by atoms with Crippen LogP contribution in [-0.2, 0) is 9.05 Å². The molecule has 1 heterocycles. The molecule has 7 heteroatoms. The largest absolute Gasteiger partial charge is 0.336 e. The molecule has 0 bridgehead atoms. The van der Waals surface area contributed by atoms with E-state index < -0.39 is 9.05 Å². The minimum atomic E-state index is -3.78. The van der Waals surface area contributed by atoms with E-state index >= 15 is 0 Å². The number of halogens is 1. The zero-order valence-electron chi connectivity index (χ0n) is 10.7. The average molecular weight is 310 g/mol. The topological polar surface area (TPSA) is 54.5 Å². The molecule has 0 unspecified atom stereocenters. The molecular formula is C11H16ClNO3S2. The SMILES string of the molecule is CCN(C(=O)c1csc(S(=O)(=O)Cl)c1C)C(C)C. The third-order valence-corrected chi connectivity index (χ3v) is 5.98. The molecule has 0 saturated heterocycles. The van der Waals surface area contributed by atoms with E-state index in [1.54, 1.807) is 17.2 Å². The van der Waals surface area contributed by atoms with E-state index in [1.165, 1.54) is 0 Å². The van der Waals surface area contributed by atoms with Crippen molar-refractivity contribution in [1.29, 1.82) is 0 Å². The fourth-order valence-electron chi connectivity index (χ4n) is 1.75. The third-order valence-electron chi connectivity index (χ3n) is 2.67. The fourth-order valence-corrected chi connectivity index (χ4v) is 4.29. The molecule has 4 nitrogen and oxygen atoms in total. The van der Waals surface area contributed by atoms with Gasteiger partial charge < -0.3 is 4.90 Å². The van der Waals surface area contributed by atoms with Crippen LogP contribution in [-0.4, -0.2) is 31.8 Å². The summed E-state index contributed by atoms with van der Waals surface area (Å²) in [5, 5.41) is 1.55. The lowest BCUT2D eigenvalue weighted by Crippen LogP contribution is -2.36. The summed E-state index contributed by atoms with van der Waals surface area (Å²) in [5.41, 5.74) is 0.842. The Bertz CT molecular complexity index is 549. The monoisotopic (exact) mass is 309 g/mol. The number of hydrogen-bond acceptors (Lipinski definition) is 4. The Balaban J connectivity index is 3.20. The number of carbonyl (C=O) groups excluding carboxylic acids is 1. The van der Waals surface area contributed by atoms with Gasteiger partial charge in [-0.3, -0.25) is 4.79 Å². The highest BCUT2D eigenvalue weighted by Gasteiger charge is 2.25. The zero-order valence-corrected chi connectivity index (χ0v) is 13.1. The maximum absolute atomic E-state index is 12.3. The van der Waals surface area contributed by atoms with Crippen LogP contribution >= 0.6 is 22.0 Å². The van der Waals surface area contributed by atoms with Gasteiger partial charge in [-0.1, -0.05) is 0 Å². The predicted octanol–water partition coefficient (Wildman–Crippen LogP) is 2.85. The summed E-state index contributed by atoms with van der Waals surface area (Å²) < 4.78 is 22.7. The standard InChI is InChI=1S/C11H16ClNO3S2/c1-5-13(7(2)3)10(14)9-6-17-11(8(9)4)18(12,15)16/h6-7H,5H2,1-4H3. The van der Waals surface area contributed by atoms with Gasteiger partial charge in [-0.2, -0.15) is 0 Å². The summed E-state index contributed by atoms with van der Waals surface area (Å²) in [4.78, 5) is 14.0. The van der Waals surface area contributed by atoms with Crippen LogP contribution in [0.3, 0.4) is 0 Å². The predicted molar refractivity (Wildman–Crippen MR) is 73.9 cm³/mol. The van der Waals surface area contributed by atoms with Crippen molar-refractivity contribution >= 4 is 37.0 Å². The summed E-state index contributed by atoms with van der Waals surface area (Å²) in [6.45, 7) is 7.91. The molecule has 0 spiro atoms. The minimum absolute atomic E-state index is 0.0484. The molecular weight excluding hydrogens is 294 g/mol. The molecule has 1 aromatic heterocycles. The third kappa shape index (κ3) is 3.05. The Labute approximate surface area is 116 Å². The van der Waals surface area contributed by atoms with E-state index in [9.17, 15) is 13.2 Å². The van der Waals surface area contributed by atoms with E-state index in [0.717, 1.165) is 11.3 Å². The molecule has 0 aromatic carbocycles. The summed E-state index contributed by atoms with van der Waals surface area (Å²) in [6.07, 6.45) is 0. The second-order valence-electron chi connectivity index (χ2n) is 4.18. The van der Waals surface area contributed by atoms with Crippen molar-refractivity contribution in [3.05, 3.63) is 16.5 Å². The van der Waals surface area contributed by atoms with Crippen molar-refractivity contribution in [2.24, 2.45) is 0 Å². The van der Waals surface area contributed by atoms with Gasteiger partial charge in [0.15, 0.2) is 0 Å². The van der Waals surface area contributed by atoms with Crippen molar-refractivity contribution in [3.8, 4) is 0 Å². The first-order chi connectivity index (χ1) is 8.20. The molecule has 0 fully saturated rings. The van der Waals surface area contributed by atoms with Crippen LogP contribution in [0.5, 0.6) is 0 Å². The lowest BCUT2D eigenvalue weighted by atomic mass is 10.1. The van der Waals surface area contributed by atoms with Crippen LogP contribution in [0.4, 0.5) is 0 Å². The zero-order chi connectivity index (χ0) is 14.1. The van der Waals surface area contributed by atoms with Gasteiger partial charge in [-0.05, 0) is 33.3 Å². The van der Waals surface area contributed by atoms with E-state index in [1.807, 2.05) is 20.8 Å². The van der Waals surface area contributed by atoms with Crippen LogP contribution in [0.2, 0.25) is 0 Å². The van der Waals surface area contributed by atoms with Gasteiger partial charge in [-0.15, -0.1) is 11.3 Å². The first kappa shape index (κ1) is 15.5. The Kier molecular flexibility index (Phi) is 4.80. The number of thiophene rings is 1.